The van der Waals surface area contributed by atoms with Crippen molar-refractivity contribution in [3.05, 3.63) is 40.2 Å². The fourth-order valence-corrected chi connectivity index (χ4v) is 2.95. The van der Waals surface area contributed by atoms with E-state index in [4.69, 9.17) is 0 Å². The van der Waals surface area contributed by atoms with Gasteiger partial charge in [-0.25, -0.2) is 9.37 Å². The minimum Gasteiger partial charge on any atom is -0.394 e. The highest BCUT2D eigenvalue weighted by molar-refractivity contribution is 9.10. The fourth-order valence-electron chi connectivity index (χ4n) is 2.50. The summed E-state index contributed by atoms with van der Waals surface area (Å²) < 4.78 is 13.9. The number of nitrogens with zero attached hydrogens (tertiary/aromatic N) is 2. The van der Waals surface area contributed by atoms with Crippen LogP contribution in [0.5, 0.6) is 0 Å². The van der Waals surface area contributed by atoms with E-state index >= 15 is 0 Å². The van der Waals surface area contributed by atoms with Crippen molar-refractivity contribution in [2.24, 2.45) is 5.92 Å². The molecule has 0 radical (unpaired) electrons. The molecule has 1 aromatic carbocycles. The van der Waals surface area contributed by atoms with Crippen LogP contribution < -0.4 is 10.6 Å². The van der Waals surface area contributed by atoms with Crippen LogP contribution in [0.3, 0.4) is 0 Å². The van der Waals surface area contributed by atoms with E-state index in [1.807, 2.05) is 19.9 Å². The number of benzene rings is 1. The molecule has 1 saturated carbocycles. The van der Waals surface area contributed by atoms with Gasteiger partial charge in [-0.2, -0.15) is 4.98 Å². The van der Waals surface area contributed by atoms with E-state index in [0.29, 0.717) is 22.2 Å². The predicted molar refractivity (Wildman–Crippen MR) is 101 cm³/mol. The summed E-state index contributed by atoms with van der Waals surface area (Å²) in [4.78, 5) is 9.11. The smallest absolute Gasteiger partial charge is 0.225 e. The number of halogens is 2. The Labute approximate surface area is 155 Å². The van der Waals surface area contributed by atoms with Crippen LogP contribution >= 0.6 is 15.9 Å². The highest BCUT2D eigenvalue weighted by atomic mass is 79.9. The third kappa shape index (κ3) is 4.67. The van der Waals surface area contributed by atoms with Crippen molar-refractivity contribution in [2.75, 3.05) is 17.2 Å². The molecule has 0 aliphatic heterocycles. The zero-order valence-electron chi connectivity index (χ0n) is 14.3. The molecule has 7 heteroatoms. The van der Waals surface area contributed by atoms with Gasteiger partial charge in [0.05, 0.1) is 24.0 Å². The number of hydrogen-bond acceptors (Lipinski definition) is 5. The van der Waals surface area contributed by atoms with Gasteiger partial charge in [-0.3, -0.25) is 0 Å². The maximum Gasteiger partial charge on any atom is 0.225 e. The molecule has 1 atom stereocenters. The maximum absolute atomic E-state index is 13.3. The molecule has 1 heterocycles. The zero-order valence-corrected chi connectivity index (χ0v) is 15.8. The molecule has 3 N–H and O–H groups in total. The first-order chi connectivity index (χ1) is 12.0. The molecule has 1 aromatic heterocycles. The molecule has 0 spiro atoms. The largest absolute Gasteiger partial charge is 0.394 e. The highest BCUT2D eigenvalue weighted by Gasteiger charge is 2.26. The predicted octanol–water partition coefficient (Wildman–Crippen LogP) is 4.43. The van der Waals surface area contributed by atoms with Crippen LogP contribution in [0.4, 0.5) is 21.8 Å². The van der Waals surface area contributed by atoms with E-state index in [1.165, 1.54) is 12.1 Å². The molecule has 0 bridgehead atoms. The van der Waals surface area contributed by atoms with Gasteiger partial charge >= 0.3 is 0 Å². The molecule has 0 amide bonds. The highest BCUT2D eigenvalue weighted by Crippen LogP contribution is 2.40. The molecule has 2 aromatic rings. The van der Waals surface area contributed by atoms with Gasteiger partial charge in [0.15, 0.2) is 0 Å². The third-order valence-corrected chi connectivity index (χ3v) is 4.91. The van der Waals surface area contributed by atoms with E-state index < -0.39 is 0 Å². The summed E-state index contributed by atoms with van der Waals surface area (Å²) in [6, 6.07) is 6.29. The van der Waals surface area contributed by atoms with Crippen LogP contribution in [0.25, 0.3) is 0 Å². The summed E-state index contributed by atoms with van der Waals surface area (Å²) in [6.07, 6.45) is 2.26. The minimum atomic E-state index is -0.302. The summed E-state index contributed by atoms with van der Waals surface area (Å²) in [6.45, 7) is 4.09. The Morgan fingerprint density at radius 3 is 2.64 bits per heavy atom. The molecule has 0 unspecified atom stereocenters. The molecule has 3 rings (SSSR count). The maximum atomic E-state index is 13.3. The Balaban J connectivity index is 1.87. The van der Waals surface area contributed by atoms with Crippen LogP contribution in [-0.4, -0.2) is 27.7 Å². The fraction of sp³-hybridized carbons (Fsp3) is 0.444. The second-order valence-electron chi connectivity index (χ2n) is 6.70. The molecule has 0 saturated heterocycles. The van der Waals surface area contributed by atoms with E-state index in [1.54, 1.807) is 6.07 Å². The van der Waals surface area contributed by atoms with Gasteiger partial charge in [0.25, 0.3) is 0 Å². The minimum absolute atomic E-state index is 0.0148. The molecular formula is C18H22BrFN4O. The van der Waals surface area contributed by atoms with Crippen molar-refractivity contribution in [1.29, 1.82) is 0 Å². The first-order valence-electron chi connectivity index (χ1n) is 8.44. The number of rotatable bonds is 7. The van der Waals surface area contributed by atoms with Crippen LogP contribution in [0.1, 0.15) is 38.3 Å². The van der Waals surface area contributed by atoms with E-state index in [0.717, 1.165) is 24.2 Å². The van der Waals surface area contributed by atoms with Crippen molar-refractivity contribution < 1.29 is 9.50 Å². The Bertz CT molecular complexity index is 752. The quantitative estimate of drug-likeness (QED) is 0.631. The van der Waals surface area contributed by atoms with Crippen LogP contribution in [0, 0.1) is 11.7 Å². The van der Waals surface area contributed by atoms with Gasteiger partial charge in [0.1, 0.15) is 11.6 Å². The van der Waals surface area contributed by atoms with E-state index in [9.17, 15) is 9.50 Å². The number of nitrogens with one attached hydrogen (secondary N) is 2. The van der Waals surface area contributed by atoms with Crippen LogP contribution in [0.2, 0.25) is 0 Å². The van der Waals surface area contributed by atoms with E-state index in [-0.39, 0.29) is 24.4 Å². The first-order valence-corrected chi connectivity index (χ1v) is 9.24. The van der Waals surface area contributed by atoms with Gasteiger partial charge in [0.2, 0.25) is 5.95 Å². The zero-order chi connectivity index (χ0) is 18.0. The summed E-state index contributed by atoms with van der Waals surface area (Å²) >= 11 is 3.36. The van der Waals surface area contributed by atoms with Crippen molar-refractivity contribution in [1.82, 2.24) is 9.97 Å². The first kappa shape index (κ1) is 18.1. The average Bonchev–Trinajstić information content (AvgIpc) is 3.40. The van der Waals surface area contributed by atoms with Crippen LogP contribution in [0.15, 0.2) is 28.7 Å². The van der Waals surface area contributed by atoms with Crippen molar-refractivity contribution in [3.63, 3.8) is 0 Å². The molecule has 1 aliphatic carbocycles. The number of aliphatic hydroxyl groups excluding tert-OH is 1. The van der Waals surface area contributed by atoms with Gasteiger partial charge in [-0.05, 0) is 52.9 Å². The van der Waals surface area contributed by atoms with Gasteiger partial charge in [-0.15, -0.1) is 0 Å². The Morgan fingerprint density at radius 1 is 1.28 bits per heavy atom. The van der Waals surface area contributed by atoms with Crippen molar-refractivity contribution >= 4 is 33.4 Å². The normalized spacial score (nSPS) is 15.3. The monoisotopic (exact) mass is 408 g/mol. The summed E-state index contributed by atoms with van der Waals surface area (Å²) in [5.41, 5.74) is 1.72. The van der Waals surface area contributed by atoms with Crippen molar-refractivity contribution in [3.8, 4) is 0 Å². The van der Waals surface area contributed by atoms with Gasteiger partial charge < -0.3 is 15.7 Å². The molecule has 1 fully saturated rings. The van der Waals surface area contributed by atoms with Crippen molar-refractivity contribution in [2.45, 2.75) is 38.6 Å². The molecule has 1 aliphatic rings. The van der Waals surface area contributed by atoms with Gasteiger partial charge in [0, 0.05) is 16.5 Å². The molecule has 134 valence electrons. The van der Waals surface area contributed by atoms with Crippen LogP contribution in [-0.2, 0) is 0 Å². The second kappa shape index (κ2) is 7.66. The number of aromatic nitrogens is 2. The Kier molecular flexibility index (Phi) is 5.54. The lowest BCUT2D eigenvalue weighted by atomic mass is 10.1. The number of aliphatic hydroxyl groups is 1. The summed E-state index contributed by atoms with van der Waals surface area (Å²) in [5, 5.41) is 16.0. The summed E-state index contributed by atoms with van der Waals surface area (Å²) in [5.74, 6) is 1.56. The SMILES string of the molecule is CC(C)[C@H](CO)Nc1nc(Nc2ccc(F)cc2Br)cc(C2CC2)n1. The third-order valence-electron chi connectivity index (χ3n) is 4.25. The summed E-state index contributed by atoms with van der Waals surface area (Å²) in [7, 11) is 0. The second-order valence-corrected chi connectivity index (χ2v) is 7.56. The number of hydrogen-bond donors (Lipinski definition) is 3. The van der Waals surface area contributed by atoms with E-state index in [2.05, 4.69) is 36.5 Å². The molecule has 5 nitrogen and oxygen atoms in total. The lowest BCUT2D eigenvalue weighted by Gasteiger charge is -2.20. The Hall–Kier alpha value is -1.73. The number of anilines is 3. The molecular weight excluding hydrogens is 387 g/mol. The average molecular weight is 409 g/mol. The Morgan fingerprint density at radius 2 is 2.04 bits per heavy atom. The standard InChI is InChI=1S/C18H22BrFN4O/c1-10(2)16(9-25)23-18-22-15(11-3-4-11)8-17(24-18)21-14-6-5-12(20)7-13(14)19/h5-8,10-11,16,25H,3-4,9H2,1-2H3,(H2,21,22,23,24)/t16-/m0/s1. The topological polar surface area (TPSA) is 70.1 Å². The lowest BCUT2D eigenvalue weighted by molar-refractivity contribution is 0.248. The van der Waals surface area contributed by atoms with Gasteiger partial charge in [-0.1, -0.05) is 13.8 Å². The lowest BCUT2D eigenvalue weighted by Crippen LogP contribution is -2.30. The molecule has 25 heavy (non-hydrogen) atoms.